The van der Waals surface area contributed by atoms with Gasteiger partial charge >= 0.3 is 5.97 Å². The molecule has 0 atom stereocenters. The number of benzene rings is 2. The molecule has 0 saturated heterocycles. The van der Waals surface area contributed by atoms with Crippen molar-refractivity contribution in [3.8, 4) is 10.4 Å². The molecule has 4 rings (SSSR count). The van der Waals surface area contributed by atoms with Crippen molar-refractivity contribution in [2.75, 3.05) is 7.11 Å². The molecule has 1 aromatic heterocycles. The highest BCUT2D eigenvalue weighted by molar-refractivity contribution is 7.16. The van der Waals surface area contributed by atoms with E-state index in [2.05, 4.69) is 38.1 Å². The Bertz CT molecular complexity index is 1030. The largest absolute Gasteiger partial charge is 0.478 e. The average Bonchev–Trinajstić information content (AvgIpc) is 2.98. The maximum absolute atomic E-state index is 12.3. The third-order valence-electron chi connectivity index (χ3n) is 5.53. The Labute approximate surface area is 163 Å². The summed E-state index contributed by atoms with van der Waals surface area (Å²) in [6.07, 6.45) is 2.88. The molecule has 0 unspecified atom stereocenters. The van der Waals surface area contributed by atoms with Crippen molar-refractivity contribution >= 4 is 28.1 Å². The molecule has 140 valence electrons. The zero-order chi connectivity index (χ0) is 19.2. The number of rotatable bonds is 4. The van der Waals surface area contributed by atoms with Gasteiger partial charge in [0, 0.05) is 17.6 Å². The summed E-state index contributed by atoms with van der Waals surface area (Å²) in [7, 11) is 1.68. The summed E-state index contributed by atoms with van der Waals surface area (Å²) in [5.41, 5.74) is 3.73. The van der Waals surface area contributed by atoms with Crippen molar-refractivity contribution < 1.29 is 14.6 Å². The molecule has 0 saturated carbocycles. The number of ether oxygens (including phenoxy) is 1. The molecule has 3 nitrogen and oxygen atoms in total. The van der Waals surface area contributed by atoms with Gasteiger partial charge in [0.2, 0.25) is 0 Å². The van der Waals surface area contributed by atoms with Gasteiger partial charge in [0.25, 0.3) is 0 Å². The number of hydrogen-bond donors (Lipinski definition) is 1. The van der Waals surface area contributed by atoms with Crippen LogP contribution in [0.3, 0.4) is 0 Å². The van der Waals surface area contributed by atoms with Crippen molar-refractivity contribution in [3.05, 3.63) is 58.0 Å². The second-order valence-corrected chi connectivity index (χ2v) is 9.21. The van der Waals surface area contributed by atoms with Crippen molar-refractivity contribution in [1.29, 1.82) is 0 Å². The molecule has 0 fully saturated rings. The molecule has 0 bridgehead atoms. The van der Waals surface area contributed by atoms with Gasteiger partial charge in [-0.05, 0) is 46.6 Å². The van der Waals surface area contributed by atoms with Crippen molar-refractivity contribution in [3.63, 3.8) is 0 Å². The summed E-state index contributed by atoms with van der Waals surface area (Å²) in [5, 5.41) is 12.3. The predicted octanol–water partition coefficient (Wildman–Crippen LogP) is 5.93. The topological polar surface area (TPSA) is 46.5 Å². The number of aryl methyl sites for hydroxylation is 1. The van der Waals surface area contributed by atoms with Gasteiger partial charge < -0.3 is 9.84 Å². The highest BCUT2D eigenvalue weighted by atomic mass is 32.1. The molecule has 0 aliphatic heterocycles. The van der Waals surface area contributed by atoms with E-state index in [0.717, 1.165) is 51.6 Å². The first-order valence-electron chi connectivity index (χ1n) is 9.29. The highest BCUT2D eigenvalue weighted by Crippen LogP contribution is 2.47. The number of carbonyl (C=O) groups is 1. The van der Waals surface area contributed by atoms with Crippen LogP contribution in [-0.2, 0) is 24.2 Å². The molecule has 1 aliphatic carbocycles. The minimum atomic E-state index is -0.823. The van der Waals surface area contributed by atoms with E-state index < -0.39 is 5.97 Å². The van der Waals surface area contributed by atoms with Gasteiger partial charge in [0.1, 0.15) is 0 Å². The van der Waals surface area contributed by atoms with E-state index in [1.807, 2.05) is 12.1 Å². The van der Waals surface area contributed by atoms with Gasteiger partial charge in [-0.25, -0.2) is 4.79 Å². The molecule has 0 radical (unpaired) electrons. The summed E-state index contributed by atoms with van der Waals surface area (Å²) in [6, 6.07) is 12.3. The van der Waals surface area contributed by atoms with E-state index in [1.165, 1.54) is 4.88 Å². The van der Waals surface area contributed by atoms with Crippen LogP contribution in [0.25, 0.3) is 21.2 Å². The number of carboxylic acid groups (broad SMARTS) is 1. The fourth-order valence-electron chi connectivity index (χ4n) is 4.18. The van der Waals surface area contributed by atoms with Gasteiger partial charge in [-0.3, -0.25) is 0 Å². The van der Waals surface area contributed by atoms with Crippen molar-refractivity contribution in [2.45, 2.75) is 39.7 Å². The minimum Gasteiger partial charge on any atom is -0.478 e. The zero-order valence-electron chi connectivity index (χ0n) is 16.0. The number of thiophene rings is 1. The fourth-order valence-corrected chi connectivity index (χ4v) is 5.59. The Hall–Kier alpha value is -2.17. The third kappa shape index (κ3) is 3.17. The lowest BCUT2D eigenvalue weighted by molar-refractivity contribution is 0.0696. The summed E-state index contributed by atoms with van der Waals surface area (Å²) < 4.78 is 5.43. The molecule has 0 amide bonds. The van der Waals surface area contributed by atoms with Gasteiger partial charge in [0.05, 0.1) is 17.0 Å². The zero-order valence-corrected chi connectivity index (χ0v) is 16.8. The van der Waals surface area contributed by atoms with Gasteiger partial charge in [-0.2, -0.15) is 0 Å². The molecular weight excluding hydrogens is 356 g/mol. The summed E-state index contributed by atoms with van der Waals surface area (Å²) in [5.74, 6) is -0.823. The van der Waals surface area contributed by atoms with E-state index in [4.69, 9.17) is 4.74 Å². The van der Waals surface area contributed by atoms with E-state index >= 15 is 0 Å². The lowest BCUT2D eigenvalue weighted by Crippen LogP contribution is -2.22. The lowest BCUT2D eigenvalue weighted by Gasteiger charge is -2.29. The Morgan fingerprint density at radius 1 is 1.22 bits per heavy atom. The van der Waals surface area contributed by atoms with Crippen LogP contribution in [0.1, 0.15) is 46.6 Å². The van der Waals surface area contributed by atoms with Crippen molar-refractivity contribution in [1.82, 2.24) is 0 Å². The molecule has 0 spiro atoms. The quantitative estimate of drug-likeness (QED) is 0.610. The summed E-state index contributed by atoms with van der Waals surface area (Å²) in [6.45, 7) is 4.92. The first-order valence-corrected chi connectivity index (χ1v) is 10.1. The summed E-state index contributed by atoms with van der Waals surface area (Å²) in [4.78, 5) is 14.4. The fraction of sp³-hybridized carbons (Fsp3) is 0.348. The Morgan fingerprint density at radius 2 is 2.00 bits per heavy atom. The molecule has 4 heteroatoms. The van der Waals surface area contributed by atoms with Crippen LogP contribution < -0.4 is 0 Å². The molecule has 2 aromatic carbocycles. The van der Waals surface area contributed by atoms with Crippen LogP contribution in [0.5, 0.6) is 0 Å². The first-order chi connectivity index (χ1) is 12.9. The number of fused-ring (bicyclic) bond motifs is 2. The van der Waals surface area contributed by atoms with Crippen LogP contribution in [0.4, 0.5) is 0 Å². The highest BCUT2D eigenvalue weighted by Gasteiger charge is 2.33. The van der Waals surface area contributed by atoms with Crippen LogP contribution in [0.2, 0.25) is 0 Å². The number of carboxylic acids is 1. The van der Waals surface area contributed by atoms with Gasteiger partial charge in [-0.1, -0.05) is 50.2 Å². The lowest BCUT2D eigenvalue weighted by atomic mass is 9.75. The van der Waals surface area contributed by atoms with Crippen LogP contribution in [0.15, 0.2) is 36.4 Å². The maximum Gasteiger partial charge on any atom is 0.337 e. The van der Waals surface area contributed by atoms with Crippen LogP contribution in [-0.4, -0.2) is 18.2 Å². The average molecular weight is 381 g/mol. The van der Waals surface area contributed by atoms with Crippen LogP contribution >= 0.6 is 11.3 Å². The molecule has 1 heterocycles. The number of methoxy groups -OCH3 is 1. The molecule has 1 aliphatic rings. The maximum atomic E-state index is 12.3. The summed E-state index contributed by atoms with van der Waals surface area (Å²) >= 11 is 1.66. The van der Waals surface area contributed by atoms with Crippen molar-refractivity contribution in [2.24, 2.45) is 5.41 Å². The first kappa shape index (κ1) is 18.2. The molecule has 1 N–H and O–H groups in total. The monoisotopic (exact) mass is 380 g/mol. The Morgan fingerprint density at radius 3 is 2.74 bits per heavy atom. The molecular formula is C23H24O3S. The third-order valence-corrected chi connectivity index (χ3v) is 6.84. The van der Waals surface area contributed by atoms with Crippen LogP contribution in [0, 0.1) is 5.41 Å². The van der Waals surface area contributed by atoms with E-state index in [-0.39, 0.29) is 5.41 Å². The predicted molar refractivity (Wildman–Crippen MR) is 111 cm³/mol. The smallest absolute Gasteiger partial charge is 0.337 e. The molecule has 27 heavy (non-hydrogen) atoms. The van der Waals surface area contributed by atoms with Gasteiger partial charge in [0.15, 0.2) is 0 Å². The Kier molecular flexibility index (Phi) is 4.57. The molecule has 3 aromatic rings. The normalized spacial score (nSPS) is 15.7. The number of hydrogen-bond acceptors (Lipinski definition) is 3. The number of aromatic carboxylic acids is 1. The second kappa shape index (κ2) is 6.77. The van der Waals surface area contributed by atoms with Gasteiger partial charge in [-0.15, -0.1) is 11.3 Å². The second-order valence-electron chi connectivity index (χ2n) is 8.11. The standard InChI is InChI=1S/C23H24O3S/c1-23(2)11-10-18-17(12-23)20(22(24)25)21(27-18)19-15(13-26-3)9-8-14-6-4-5-7-16(14)19/h4-9H,10-13H2,1-3H3,(H,24,25). The minimum absolute atomic E-state index is 0.143. The van der Waals surface area contributed by atoms with E-state index in [9.17, 15) is 9.90 Å². The van der Waals surface area contributed by atoms with E-state index in [0.29, 0.717) is 12.2 Å². The SMILES string of the molecule is COCc1ccc2ccccc2c1-c1sc2c(c1C(=O)O)CC(C)(C)CC2. The Balaban J connectivity index is 2.03. The van der Waals surface area contributed by atoms with E-state index in [1.54, 1.807) is 18.4 Å².